The summed E-state index contributed by atoms with van der Waals surface area (Å²) in [5, 5.41) is 10.2. The van der Waals surface area contributed by atoms with Gasteiger partial charge in [-0.05, 0) is 40.8 Å². The van der Waals surface area contributed by atoms with Crippen molar-refractivity contribution < 1.29 is 19.1 Å². The third-order valence-electron chi connectivity index (χ3n) is 5.07. The second-order valence-corrected chi connectivity index (χ2v) is 7.59. The highest BCUT2D eigenvalue weighted by atomic mass is 16.5. The number of nitrogens with two attached hydrogens (primary N) is 1. The maximum absolute atomic E-state index is 12.2. The lowest BCUT2D eigenvalue weighted by Gasteiger charge is -2.16. The van der Waals surface area contributed by atoms with Crippen LogP contribution in [0, 0.1) is 0 Å². The van der Waals surface area contributed by atoms with Crippen LogP contribution in [-0.2, 0) is 22.7 Å². The average Bonchev–Trinajstić information content (AvgIpc) is 2.83. The van der Waals surface area contributed by atoms with Gasteiger partial charge in [-0.25, -0.2) is 9.59 Å². The Kier molecular flexibility index (Phi) is 8.64. The number of benzene rings is 3. The number of carbonyl (C=O) groups is 3. The number of rotatable bonds is 10. The van der Waals surface area contributed by atoms with Crippen LogP contribution in [0.25, 0.3) is 10.8 Å². The smallest absolute Gasteiger partial charge is 0.407 e. The van der Waals surface area contributed by atoms with E-state index in [9.17, 15) is 14.4 Å². The molecule has 172 valence electrons. The summed E-state index contributed by atoms with van der Waals surface area (Å²) in [5.41, 5.74) is 7.25. The van der Waals surface area contributed by atoms with E-state index in [2.05, 4.69) is 16.0 Å². The van der Waals surface area contributed by atoms with Gasteiger partial charge in [0, 0.05) is 13.1 Å². The van der Waals surface area contributed by atoms with Crippen LogP contribution >= 0.6 is 0 Å². The molecule has 8 heteroatoms. The standard InChI is InChI=1S/C25H28N4O4/c26-23(30)22(11-6-14-27-25(32)33-17-18-7-2-1-3-8-18)29-24(31)28-16-19-12-13-20-9-4-5-10-21(20)15-19/h1-5,7-10,12-13,15,22H,6,11,14,16-17H2,(H2,26,30)(H,27,32)(H2,28,29,31)/t22-/m0/s1. The summed E-state index contributed by atoms with van der Waals surface area (Å²) in [5.74, 6) is -0.637. The Morgan fingerprint density at radius 2 is 1.58 bits per heavy atom. The van der Waals surface area contributed by atoms with Gasteiger partial charge in [-0.3, -0.25) is 4.79 Å². The maximum atomic E-state index is 12.2. The molecule has 0 heterocycles. The number of amides is 4. The van der Waals surface area contributed by atoms with Gasteiger partial charge in [0.1, 0.15) is 12.6 Å². The maximum Gasteiger partial charge on any atom is 0.407 e. The molecule has 0 saturated heterocycles. The fourth-order valence-electron chi connectivity index (χ4n) is 3.30. The zero-order valence-electron chi connectivity index (χ0n) is 18.3. The summed E-state index contributed by atoms with van der Waals surface area (Å²) in [4.78, 5) is 35.7. The third kappa shape index (κ3) is 7.84. The normalized spacial score (nSPS) is 11.4. The minimum atomic E-state index is -0.844. The highest BCUT2D eigenvalue weighted by Gasteiger charge is 2.17. The minimum absolute atomic E-state index is 0.176. The molecule has 4 amide bonds. The quantitative estimate of drug-likeness (QED) is 0.356. The van der Waals surface area contributed by atoms with E-state index in [-0.39, 0.29) is 19.6 Å². The van der Waals surface area contributed by atoms with E-state index in [1.807, 2.05) is 72.8 Å². The molecule has 0 radical (unpaired) electrons. The van der Waals surface area contributed by atoms with Crippen molar-refractivity contribution in [3.05, 3.63) is 83.9 Å². The van der Waals surface area contributed by atoms with Gasteiger partial charge in [0.05, 0.1) is 0 Å². The Morgan fingerprint density at radius 1 is 0.848 bits per heavy atom. The van der Waals surface area contributed by atoms with E-state index < -0.39 is 24.1 Å². The van der Waals surface area contributed by atoms with Crippen molar-refractivity contribution in [1.82, 2.24) is 16.0 Å². The SMILES string of the molecule is NC(=O)[C@H](CCCNC(=O)OCc1ccccc1)NC(=O)NCc1ccc2ccccc2c1. The van der Waals surface area contributed by atoms with Crippen LogP contribution in [0.3, 0.4) is 0 Å². The number of hydrogen-bond acceptors (Lipinski definition) is 4. The van der Waals surface area contributed by atoms with Crippen LogP contribution in [-0.4, -0.2) is 30.6 Å². The molecule has 0 aliphatic heterocycles. The Bertz CT molecular complexity index is 1090. The zero-order valence-corrected chi connectivity index (χ0v) is 18.3. The number of urea groups is 1. The molecule has 0 spiro atoms. The number of hydrogen-bond donors (Lipinski definition) is 4. The van der Waals surface area contributed by atoms with Crippen LogP contribution in [0.4, 0.5) is 9.59 Å². The van der Waals surface area contributed by atoms with Gasteiger partial charge in [0.15, 0.2) is 0 Å². The molecule has 3 aromatic rings. The fraction of sp³-hybridized carbons (Fsp3) is 0.240. The summed E-state index contributed by atoms with van der Waals surface area (Å²) in [7, 11) is 0. The van der Waals surface area contributed by atoms with Crippen LogP contribution in [0.1, 0.15) is 24.0 Å². The molecule has 0 aliphatic rings. The van der Waals surface area contributed by atoms with Crippen LogP contribution in [0.5, 0.6) is 0 Å². The monoisotopic (exact) mass is 448 g/mol. The van der Waals surface area contributed by atoms with E-state index in [1.54, 1.807) is 0 Å². The van der Waals surface area contributed by atoms with Crippen molar-refractivity contribution in [2.75, 3.05) is 6.54 Å². The molecule has 0 saturated carbocycles. The van der Waals surface area contributed by atoms with Gasteiger partial charge in [0.25, 0.3) is 0 Å². The van der Waals surface area contributed by atoms with Crippen molar-refractivity contribution in [3.63, 3.8) is 0 Å². The Balaban J connectivity index is 1.36. The second-order valence-electron chi connectivity index (χ2n) is 7.59. The van der Waals surface area contributed by atoms with E-state index in [0.717, 1.165) is 21.9 Å². The first-order chi connectivity index (χ1) is 16.0. The first kappa shape index (κ1) is 23.6. The number of alkyl carbamates (subject to hydrolysis) is 1. The molecule has 0 unspecified atom stereocenters. The van der Waals surface area contributed by atoms with E-state index >= 15 is 0 Å². The van der Waals surface area contributed by atoms with Gasteiger partial charge in [-0.15, -0.1) is 0 Å². The molecule has 3 aromatic carbocycles. The molecule has 5 N–H and O–H groups in total. The highest BCUT2D eigenvalue weighted by Crippen LogP contribution is 2.15. The fourth-order valence-corrected chi connectivity index (χ4v) is 3.30. The molecule has 0 aromatic heterocycles. The Labute approximate surface area is 192 Å². The first-order valence-corrected chi connectivity index (χ1v) is 10.8. The minimum Gasteiger partial charge on any atom is -0.445 e. The number of ether oxygens (including phenoxy) is 1. The molecule has 8 nitrogen and oxygen atoms in total. The summed E-state index contributed by atoms with van der Waals surface area (Å²) >= 11 is 0. The van der Waals surface area contributed by atoms with Crippen molar-refractivity contribution in [3.8, 4) is 0 Å². The van der Waals surface area contributed by atoms with Crippen LogP contribution in [0.15, 0.2) is 72.8 Å². The van der Waals surface area contributed by atoms with Crippen molar-refractivity contribution in [2.45, 2.75) is 32.0 Å². The molecule has 0 aliphatic carbocycles. The lowest BCUT2D eigenvalue weighted by Crippen LogP contribution is -2.48. The van der Waals surface area contributed by atoms with Crippen LogP contribution in [0.2, 0.25) is 0 Å². The number of carbonyl (C=O) groups excluding carboxylic acids is 3. The number of nitrogens with one attached hydrogen (secondary N) is 3. The predicted octanol–water partition coefficient (Wildman–Crippen LogP) is 3.20. The summed E-state index contributed by atoms with van der Waals surface area (Å²) in [6, 6.07) is 21.9. The van der Waals surface area contributed by atoms with Gasteiger partial charge in [-0.1, -0.05) is 66.7 Å². The molecule has 0 bridgehead atoms. The topological polar surface area (TPSA) is 123 Å². The Morgan fingerprint density at radius 3 is 2.33 bits per heavy atom. The largest absolute Gasteiger partial charge is 0.445 e. The van der Waals surface area contributed by atoms with E-state index in [4.69, 9.17) is 10.5 Å². The predicted molar refractivity (Wildman–Crippen MR) is 126 cm³/mol. The zero-order chi connectivity index (χ0) is 23.5. The number of fused-ring (bicyclic) bond motifs is 1. The molecular weight excluding hydrogens is 420 g/mol. The summed E-state index contributed by atoms with van der Waals surface area (Å²) in [6.07, 6.45) is 0.187. The lowest BCUT2D eigenvalue weighted by atomic mass is 10.1. The van der Waals surface area contributed by atoms with Gasteiger partial charge in [-0.2, -0.15) is 0 Å². The average molecular weight is 449 g/mol. The van der Waals surface area contributed by atoms with Gasteiger partial charge in [0.2, 0.25) is 5.91 Å². The Hall–Kier alpha value is -4.07. The van der Waals surface area contributed by atoms with Crippen molar-refractivity contribution >= 4 is 28.8 Å². The third-order valence-corrected chi connectivity index (χ3v) is 5.07. The van der Waals surface area contributed by atoms with Crippen molar-refractivity contribution in [1.29, 1.82) is 0 Å². The van der Waals surface area contributed by atoms with Gasteiger partial charge >= 0.3 is 12.1 Å². The van der Waals surface area contributed by atoms with Crippen LogP contribution < -0.4 is 21.7 Å². The van der Waals surface area contributed by atoms with Gasteiger partial charge < -0.3 is 26.4 Å². The van der Waals surface area contributed by atoms with E-state index in [1.165, 1.54) is 0 Å². The van der Waals surface area contributed by atoms with Crippen molar-refractivity contribution in [2.24, 2.45) is 5.73 Å². The first-order valence-electron chi connectivity index (χ1n) is 10.8. The van der Waals surface area contributed by atoms with E-state index in [0.29, 0.717) is 13.0 Å². The number of primary amides is 1. The highest BCUT2D eigenvalue weighted by molar-refractivity contribution is 5.86. The molecule has 3 rings (SSSR count). The summed E-state index contributed by atoms with van der Waals surface area (Å²) in [6.45, 7) is 0.782. The summed E-state index contributed by atoms with van der Waals surface area (Å²) < 4.78 is 5.13. The molecule has 0 fully saturated rings. The molecular formula is C25H28N4O4. The second kappa shape index (κ2) is 12.1. The molecule has 1 atom stereocenters. The lowest BCUT2D eigenvalue weighted by molar-refractivity contribution is -0.119. The molecule has 33 heavy (non-hydrogen) atoms.